The molecule has 206 valence electrons. The van der Waals surface area contributed by atoms with Crippen molar-refractivity contribution in [3.8, 4) is 17.1 Å². The molecular weight excluding hydrogens is 456 g/mol. The van der Waals surface area contributed by atoms with Crippen LogP contribution in [0.1, 0.15) is 141 Å². The molecule has 2 rings (SSSR count). The van der Waals surface area contributed by atoms with Crippen molar-refractivity contribution in [3.05, 3.63) is 42.2 Å². The maximum atomic E-state index is 12.1. The lowest BCUT2D eigenvalue weighted by Gasteiger charge is -2.06. The van der Waals surface area contributed by atoms with E-state index in [1.54, 1.807) is 12.4 Å². The van der Waals surface area contributed by atoms with E-state index in [0.717, 1.165) is 24.8 Å². The van der Waals surface area contributed by atoms with E-state index >= 15 is 0 Å². The molecule has 4 nitrogen and oxygen atoms in total. The number of esters is 1. The number of ether oxygens (including phenoxy) is 1. The minimum absolute atomic E-state index is 0.196. The molecule has 0 saturated heterocycles. The highest BCUT2D eigenvalue weighted by Crippen LogP contribution is 2.19. The summed E-state index contributed by atoms with van der Waals surface area (Å²) >= 11 is 0. The smallest absolute Gasteiger partial charge is 0.311 e. The van der Waals surface area contributed by atoms with Crippen LogP contribution in [0.3, 0.4) is 0 Å². The third-order valence-electron chi connectivity index (χ3n) is 7.13. The van der Waals surface area contributed by atoms with Gasteiger partial charge >= 0.3 is 5.97 Å². The second-order valence-electron chi connectivity index (χ2n) is 10.6. The van der Waals surface area contributed by atoms with Crippen LogP contribution < -0.4 is 4.74 Å². The van der Waals surface area contributed by atoms with E-state index in [1.807, 2.05) is 0 Å². The summed E-state index contributed by atoms with van der Waals surface area (Å²) in [5, 5.41) is 0. The molecule has 0 amide bonds. The number of nitrogens with zero attached hydrogens (tertiary/aromatic N) is 2. The Morgan fingerprint density at radius 3 is 1.59 bits per heavy atom. The average Bonchev–Trinajstić information content (AvgIpc) is 2.92. The Balaban J connectivity index is 1.58. The summed E-state index contributed by atoms with van der Waals surface area (Å²) in [6.45, 7) is 4.51. The van der Waals surface area contributed by atoms with E-state index < -0.39 is 0 Å². The van der Waals surface area contributed by atoms with E-state index in [2.05, 4.69) is 48.1 Å². The van der Waals surface area contributed by atoms with E-state index in [4.69, 9.17) is 4.74 Å². The first-order chi connectivity index (χ1) is 18.2. The van der Waals surface area contributed by atoms with Gasteiger partial charge in [-0.05, 0) is 24.8 Å². The van der Waals surface area contributed by atoms with Gasteiger partial charge in [0.25, 0.3) is 0 Å². The van der Waals surface area contributed by atoms with Crippen LogP contribution in [0.25, 0.3) is 11.4 Å². The Morgan fingerprint density at radius 2 is 1.08 bits per heavy atom. The number of rotatable bonds is 22. The molecule has 0 N–H and O–H groups in total. The number of hydrogen-bond donors (Lipinski definition) is 0. The highest BCUT2D eigenvalue weighted by atomic mass is 16.5. The SMILES string of the molecule is CCCCCCCCCCCCc1ccc(-c2ncc(OC(=O)CCCCCCCCCC)cn2)cc1. The first-order valence-electron chi connectivity index (χ1n) is 15.3. The first kappa shape index (κ1) is 31.0. The summed E-state index contributed by atoms with van der Waals surface area (Å²) in [4.78, 5) is 20.9. The largest absolute Gasteiger partial charge is 0.423 e. The lowest BCUT2D eigenvalue weighted by Crippen LogP contribution is -2.08. The lowest BCUT2D eigenvalue weighted by atomic mass is 10.0. The third-order valence-corrected chi connectivity index (χ3v) is 7.13. The van der Waals surface area contributed by atoms with E-state index in [9.17, 15) is 4.79 Å². The minimum atomic E-state index is -0.196. The second-order valence-corrected chi connectivity index (χ2v) is 10.6. The normalized spacial score (nSPS) is 11.1. The summed E-state index contributed by atoms with van der Waals surface area (Å²) in [7, 11) is 0. The van der Waals surface area contributed by atoms with Crippen molar-refractivity contribution in [2.75, 3.05) is 0 Å². The van der Waals surface area contributed by atoms with Gasteiger partial charge in [0.1, 0.15) is 0 Å². The van der Waals surface area contributed by atoms with E-state index in [-0.39, 0.29) is 5.97 Å². The van der Waals surface area contributed by atoms with Crippen molar-refractivity contribution in [3.63, 3.8) is 0 Å². The molecule has 0 atom stereocenters. The van der Waals surface area contributed by atoms with Crippen LogP contribution >= 0.6 is 0 Å². The van der Waals surface area contributed by atoms with Crippen molar-refractivity contribution < 1.29 is 9.53 Å². The average molecular weight is 509 g/mol. The quantitative estimate of drug-likeness (QED) is 0.117. The highest BCUT2D eigenvalue weighted by Gasteiger charge is 2.07. The molecule has 0 fully saturated rings. The number of carbonyl (C=O) groups excluding carboxylic acids is 1. The van der Waals surface area contributed by atoms with E-state index in [1.165, 1.54) is 108 Å². The van der Waals surface area contributed by atoms with Crippen LogP contribution in [0.15, 0.2) is 36.7 Å². The standard InChI is InChI=1S/C33H52N2O2/c1-3-5-7-9-11-13-14-15-17-19-21-29-23-25-30(26-24-29)33-34-27-31(28-35-33)37-32(36)22-20-18-16-12-10-8-6-4-2/h23-28H,3-22H2,1-2H3. The van der Waals surface area contributed by atoms with Gasteiger partial charge in [-0.3, -0.25) is 4.79 Å². The molecule has 0 spiro atoms. The zero-order valence-corrected chi connectivity index (χ0v) is 23.8. The third kappa shape index (κ3) is 14.9. The van der Waals surface area contributed by atoms with Crippen molar-refractivity contribution in [1.29, 1.82) is 0 Å². The summed E-state index contributed by atoms with van der Waals surface area (Å²) in [6, 6.07) is 8.55. The van der Waals surface area contributed by atoms with Crippen LogP contribution in [0, 0.1) is 0 Å². The van der Waals surface area contributed by atoms with Crippen LogP contribution in [-0.4, -0.2) is 15.9 Å². The number of benzene rings is 1. The molecule has 0 aliphatic rings. The molecule has 37 heavy (non-hydrogen) atoms. The number of unbranched alkanes of at least 4 members (excludes halogenated alkanes) is 16. The predicted molar refractivity (Wildman–Crippen MR) is 156 cm³/mol. The highest BCUT2D eigenvalue weighted by molar-refractivity contribution is 5.72. The molecule has 1 heterocycles. The fourth-order valence-electron chi connectivity index (χ4n) is 4.74. The van der Waals surface area contributed by atoms with Gasteiger partial charge in [0.2, 0.25) is 0 Å². The molecule has 1 aromatic heterocycles. The molecule has 0 aliphatic carbocycles. The Bertz CT molecular complexity index is 817. The molecule has 0 radical (unpaired) electrons. The maximum absolute atomic E-state index is 12.1. The predicted octanol–water partition coefficient (Wildman–Crippen LogP) is 10.0. The van der Waals surface area contributed by atoms with Gasteiger partial charge in [0, 0.05) is 12.0 Å². The molecule has 0 aliphatic heterocycles. The zero-order valence-electron chi connectivity index (χ0n) is 23.8. The molecule has 0 saturated carbocycles. The fraction of sp³-hybridized carbons (Fsp3) is 0.667. The van der Waals surface area contributed by atoms with Gasteiger partial charge in [0.15, 0.2) is 11.6 Å². The van der Waals surface area contributed by atoms with Gasteiger partial charge in [-0.2, -0.15) is 0 Å². The number of aryl methyl sites for hydroxylation is 1. The number of aromatic nitrogens is 2. The van der Waals surface area contributed by atoms with Gasteiger partial charge in [-0.15, -0.1) is 0 Å². The van der Waals surface area contributed by atoms with Crippen molar-refractivity contribution in [1.82, 2.24) is 9.97 Å². The summed E-state index contributed by atoms with van der Waals surface area (Å²) < 4.78 is 5.42. The fourth-order valence-corrected chi connectivity index (χ4v) is 4.74. The molecule has 2 aromatic rings. The van der Waals surface area contributed by atoms with Crippen LogP contribution in [0.4, 0.5) is 0 Å². The topological polar surface area (TPSA) is 52.1 Å². The van der Waals surface area contributed by atoms with Crippen LogP contribution in [0.5, 0.6) is 5.75 Å². The molecule has 0 bridgehead atoms. The number of carbonyl (C=O) groups is 1. The van der Waals surface area contributed by atoms with Crippen molar-refractivity contribution in [2.24, 2.45) is 0 Å². The Labute approximate surface area is 227 Å². The Kier molecular flexibility index (Phi) is 17.4. The molecule has 1 aromatic carbocycles. The van der Waals surface area contributed by atoms with Gasteiger partial charge < -0.3 is 4.74 Å². The van der Waals surface area contributed by atoms with Gasteiger partial charge in [-0.25, -0.2) is 9.97 Å². The zero-order chi connectivity index (χ0) is 26.4. The minimum Gasteiger partial charge on any atom is -0.423 e. The van der Waals surface area contributed by atoms with Crippen molar-refractivity contribution in [2.45, 2.75) is 142 Å². The van der Waals surface area contributed by atoms with E-state index in [0.29, 0.717) is 18.0 Å². The lowest BCUT2D eigenvalue weighted by molar-refractivity contribution is -0.134. The Morgan fingerprint density at radius 1 is 0.622 bits per heavy atom. The number of hydrogen-bond acceptors (Lipinski definition) is 4. The van der Waals surface area contributed by atoms with Crippen LogP contribution in [-0.2, 0) is 11.2 Å². The Hall–Kier alpha value is -2.23. The van der Waals surface area contributed by atoms with Gasteiger partial charge in [-0.1, -0.05) is 141 Å². The van der Waals surface area contributed by atoms with Gasteiger partial charge in [0.05, 0.1) is 12.4 Å². The summed E-state index contributed by atoms with van der Waals surface area (Å²) in [5.74, 6) is 0.887. The molecule has 4 heteroatoms. The van der Waals surface area contributed by atoms with Crippen LogP contribution in [0.2, 0.25) is 0 Å². The first-order valence-corrected chi connectivity index (χ1v) is 15.3. The second kappa shape index (κ2) is 20.8. The molecule has 0 unspecified atom stereocenters. The molecular formula is C33H52N2O2. The van der Waals surface area contributed by atoms with Crippen molar-refractivity contribution >= 4 is 5.97 Å². The summed E-state index contributed by atoms with van der Waals surface area (Å²) in [5.41, 5.74) is 2.36. The summed E-state index contributed by atoms with van der Waals surface area (Å²) in [6.07, 6.45) is 28.2. The maximum Gasteiger partial charge on any atom is 0.311 e. The monoisotopic (exact) mass is 508 g/mol.